The van der Waals surface area contributed by atoms with Gasteiger partial charge in [0.15, 0.2) is 0 Å². The van der Waals surface area contributed by atoms with E-state index in [9.17, 15) is 4.39 Å². The Bertz CT molecular complexity index is 605. The van der Waals surface area contributed by atoms with E-state index >= 15 is 0 Å². The Balaban J connectivity index is 1.69. The molecule has 1 aromatic carbocycles. The first-order chi connectivity index (χ1) is 9.65. The first kappa shape index (κ1) is 13.1. The molecule has 106 valence electrons. The van der Waals surface area contributed by atoms with Gasteiger partial charge >= 0.3 is 0 Å². The molecule has 1 saturated carbocycles. The lowest BCUT2D eigenvalue weighted by Gasteiger charge is -2.11. The molecule has 0 spiro atoms. The molecule has 1 heterocycles. The lowest BCUT2D eigenvalue weighted by molar-refractivity contribution is 0.293. The van der Waals surface area contributed by atoms with Gasteiger partial charge < -0.3 is 15.0 Å². The predicted molar refractivity (Wildman–Crippen MR) is 73.8 cm³/mol. The van der Waals surface area contributed by atoms with Crippen LogP contribution in [-0.2, 0) is 6.61 Å². The summed E-state index contributed by atoms with van der Waals surface area (Å²) in [6.07, 6.45) is 6.02. The minimum atomic E-state index is -0.326. The van der Waals surface area contributed by atoms with Crippen molar-refractivity contribution in [2.24, 2.45) is 5.73 Å². The van der Waals surface area contributed by atoms with Gasteiger partial charge in [-0.05, 0) is 25.8 Å². The summed E-state index contributed by atoms with van der Waals surface area (Å²) in [5, 5.41) is 0. The molecule has 5 heteroatoms. The molecule has 0 amide bonds. The van der Waals surface area contributed by atoms with Gasteiger partial charge in [-0.3, -0.25) is 0 Å². The number of imidazole rings is 1. The smallest absolute Gasteiger partial charge is 0.131 e. The van der Waals surface area contributed by atoms with Crippen LogP contribution in [0.15, 0.2) is 30.7 Å². The van der Waals surface area contributed by atoms with Gasteiger partial charge in [0.2, 0.25) is 0 Å². The van der Waals surface area contributed by atoms with E-state index in [0.717, 1.165) is 5.69 Å². The first-order valence-electron chi connectivity index (χ1n) is 6.83. The van der Waals surface area contributed by atoms with E-state index in [-0.39, 0.29) is 11.9 Å². The summed E-state index contributed by atoms with van der Waals surface area (Å²) in [6.45, 7) is 2.15. The van der Waals surface area contributed by atoms with Gasteiger partial charge in [0.25, 0.3) is 0 Å². The van der Waals surface area contributed by atoms with Crippen LogP contribution in [0.2, 0.25) is 0 Å². The molecule has 4 nitrogen and oxygen atoms in total. The molecule has 0 saturated heterocycles. The van der Waals surface area contributed by atoms with Crippen LogP contribution in [-0.4, -0.2) is 9.55 Å². The van der Waals surface area contributed by atoms with Gasteiger partial charge in [-0.25, -0.2) is 9.37 Å². The van der Waals surface area contributed by atoms with Crippen molar-refractivity contribution in [2.45, 2.75) is 38.5 Å². The number of benzene rings is 1. The average Bonchev–Trinajstić information content (AvgIpc) is 3.15. The normalized spacial score (nSPS) is 16.1. The van der Waals surface area contributed by atoms with E-state index in [1.165, 1.54) is 18.9 Å². The van der Waals surface area contributed by atoms with E-state index in [1.807, 2.05) is 6.33 Å². The van der Waals surface area contributed by atoms with E-state index in [2.05, 4.69) is 9.55 Å². The third-order valence-electron chi connectivity index (χ3n) is 3.54. The highest BCUT2D eigenvalue weighted by molar-refractivity contribution is 5.30. The largest absolute Gasteiger partial charge is 0.487 e. The molecule has 2 N–H and O–H groups in total. The summed E-state index contributed by atoms with van der Waals surface area (Å²) in [6, 6.07) is 5.05. The maximum Gasteiger partial charge on any atom is 0.131 e. The number of aromatic nitrogens is 2. The van der Waals surface area contributed by atoms with Gasteiger partial charge in [-0.1, -0.05) is 6.07 Å². The summed E-state index contributed by atoms with van der Waals surface area (Å²) in [7, 11) is 0. The number of ether oxygens (including phenoxy) is 1. The van der Waals surface area contributed by atoms with E-state index in [1.54, 1.807) is 25.3 Å². The second kappa shape index (κ2) is 5.25. The number of hydrogen-bond donors (Lipinski definition) is 1. The fourth-order valence-electron chi connectivity index (χ4n) is 2.25. The summed E-state index contributed by atoms with van der Waals surface area (Å²) in [5.41, 5.74) is 7.20. The molecule has 1 aromatic heterocycles. The first-order valence-corrected chi connectivity index (χ1v) is 6.83. The zero-order chi connectivity index (χ0) is 14.1. The summed E-state index contributed by atoms with van der Waals surface area (Å²) >= 11 is 0. The molecule has 0 radical (unpaired) electrons. The third-order valence-corrected chi connectivity index (χ3v) is 3.54. The Labute approximate surface area is 117 Å². The van der Waals surface area contributed by atoms with Gasteiger partial charge in [0.1, 0.15) is 18.2 Å². The topological polar surface area (TPSA) is 53.1 Å². The maximum atomic E-state index is 13.8. The molecular formula is C15H18FN3O. The van der Waals surface area contributed by atoms with Gasteiger partial charge in [0, 0.05) is 23.7 Å². The predicted octanol–water partition coefficient (Wildman–Crippen LogP) is 2.96. The lowest BCUT2D eigenvalue weighted by atomic mass is 10.1. The molecule has 0 bridgehead atoms. The highest BCUT2D eigenvalue weighted by Crippen LogP contribution is 2.35. The number of nitrogens with two attached hydrogens (primary N) is 1. The zero-order valence-electron chi connectivity index (χ0n) is 11.4. The minimum Gasteiger partial charge on any atom is -0.487 e. The van der Waals surface area contributed by atoms with Gasteiger partial charge in [-0.15, -0.1) is 0 Å². The minimum absolute atomic E-state index is 0.319. The SMILES string of the molecule is C[C@@H](N)c1ccc(OCc2cncn2C2CC2)cc1F. The van der Waals surface area contributed by atoms with Crippen LogP contribution in [0.25, 0.3) is 0 Å². The molecule has 0 unspecified atom stereocenters. The fraction of sp³-hybridized carbons (Fsp3) is 0.400. The van der Waals surface area contributed by atoms with Crippen molar-refractivity contribution >= 4 is 0 Å². The maximum absolute atomic E-state index is 13.8. The Morgan fingerprint density at radius 1 is 1.50 bits per heavy atom. The van der Waals surface area contributed by atoms with Crippen molar-refractivity contribution in [1.29, 1.82) is 0 Å². The Kier molecular flexibility index (Phi) is 3.44. The quantitative estimate of drug-likeness (QED) is 0.912. The van der Waals surface area contributed by atoms with Crippen molar-refractivity contribution in [3.8, 4) is 5.75 Å². The number of nitrogens with zero attached hydrogens (tertiary/aromatic N) is 2. The summed E-state index contributed by atoms with van der Waals surface area (Å²) < 4.78 is 21.6. The average molecular weight is 275 g/mol. The van der Waals surface area contributed by atoms with E-state index < -0.39 is 0 Å². The van der Waals surface area contributed by atoms with E-state index in [0.29, 0.717) is 24.0 Å². The summed E-state index contributed by atoms with van der Waals surface area (Å²) in [4.78, 5) is 4.14. The van der Waals surface area contributed by atoms with Crippen LogP contribution in [0.1, 0.15) is 43.1 Å². The third kappa shape index (κ3) is 2.67. The van der Waals surface area contributed by atoms with Crippen molar-refractivity contribution < 1.29 is 9.13 Å². The highest BCUT2D eigenvalue weighted by Gasteiger charge is 2.25. The van der Waals surface area contributed by atoms with Crippen molar-refractivity contribution in [1.82, 2.24) is 9.55 Å². The second-order valence-corrected chi connectivity index (χ2v) is 5.28. The standard InChI is InChI=1S/C15H18FN3O/c1-10(17)14-5-4-13(6-15(14)16)20-8-12-7-18-9-19(12)11-2-3-11/h4-7,9-11H,2-3,8,17H2,1H3/t10-/m1/s1. The van der Waals surface area contributed by atoms with Crippen LogP contribution in [0.5, 0.6) is 5.75 Å². The van der Waals surface area contributed by atoms with Gasteiger partial charge in [0.05, 0.1) is 18.2 Å². The number of hydrogen-bond acceptors (Lipinski definition) is 3. The number of rotatable bonds is 5. The molecule has 3 rings (SSSR count). The molecule has 1 fully saturated rings. The monoisotopic (exact) mass is 275 g/mol. The second-order valence-electron chi connectivity index (χ2n) is 5.28. The van der Waals surface area contributed by atoms with Crippen molar-refractivity contribution in [3.05, 3.63) is 47.8 Å². The van der Waals surface area contributed by atoms with Crippen LogP contribution >= 0.6 is 0 Å². The molecule has 1 aliphatic carbocycles. The Morgan fingerprint density at radius 3 is 2.95 bits per heavy atom. The zero-order valence-corrected chi connectivity index (χ0v) is 11.4. The molecule has 1 aliphatic rings. The van der Waals surface area contributed by atoms with Crippen molar-refractivity contribution in [3.63, 3.8) is 0 Å². The summed E-state index contributed by atoms with van der Waals surface area (Å²) in [5.74, 6) is 0.184. The van der Waals surface area contributed by atoms with Crippen LogP contribution in [0.3, 0.4) is 0 Å². The Hall–Kier alpha value is -1.88. The fourth-order valence-corrected chi connectivity index (χ4v) is 2.25. The van der Waals surface area contributed by atoms with Crippen LogP contribution in [0.4, 0.5) is 4.39 Å². The molecule has 1 atom stereocenters. The molecule has 20 heavy (non-hydrogen) atoms. The van der Waals surface area contributed by atoms with E-state index in [4.69, 9.17) is 10.5 Å². The molecule has 2 aromatic rings. The lowest BCUT2D eigenvalue weighted by Crippen LogP contribution is -2.08. The molecule has 0 aliphatic heterocycles. The van der Waals surface area contributed by atoms with Gasteiger partial charge in [-0.2, -0.15) is 0 Å². The van der Waals surface area contributed by atoms with Crippen LogP contribution < -0.4 is 10.5 Å². The number of halogens is 1. The highest BCUT2D eigenvalue weighted by atomic mass is 19.1. The molecular weight excluding hydrogens is 257 g/mol. The Morgan fingerprint density at radius 2 is 2.30 bits per heavy atom. The van der Waals surface area contributed by atoms with Crippen molar-refractivity contribution in [2.75, 3.05) is 0 Å². The van der Waals surface area contributed by atoms with Crippen LogP contribution in [0, 0.1) is 5.82 Å².